The number of hydrogen-bond donors (Lipinski definition) is 0. The zero-order valence-corrected chi connectivity index (χ0v) is 31.9. The first-order chi connectivity index (χ1) is 29.3. The molecule has 0 saturated heterocycles. The second-order valence-electron chi connectivity index (χ2n) is 16.1. The standard InChI is InChI=1S/C54H33BN4/c1-6-20-45-37(13-1)38-14-2-7-21-46(38)56(45)34-27-29-35(30-28-34)57-51-25-11-18-42-41-17-5-10-24-49(41)59-50-32-31-36(33-44(50)43-19-12-26-52(57)54(43)55(59)53(42)51)58-47-22-8-3-15-39(47)40-16-4-9-23-48(40)58/h1-33H. The lowest BCUT2D eigenvalue weighted by Gasteiger charge is -2.49. The van der Waals surface area contributed by atoms with Crippen LogP contribution in [0.1, 0.15) is 0 Å². The van der Waals surface area contributed by atoms with E-state index in [2.05, 4.69) is 219 Å². The zero-order chi connectivity index (χ0) is 38.3. The van der Waals surface area contributed by atoms with Crippen LogP contribution in [0.2, 0.25) is 0 Å². The fourth-order valence-corrected chi connectivity index (χ4v) is 10.9. The van der Waals surface area contributed by atoms with Crippen LogP contribution in [0.5, 0.6) is 0 Å². The zero-order valence-electron chi connectivity index (χ0n) is 31.9. The Hall–Kier alpha value is -7.76. The molecule has 4 nitrogen and oxygen atoms in total. The average molecular weight is 749 g/mol. The van der Waals surface area contributed by atoms with E-state index >= 15 is 0 Å². The van der Waals surface area contributed by atoms with Crippen molar-refractivity contribution in [2.75, 3.05) is 9.71 Å². The molecule has 0 aliphatic carbocycles. The summed E-state index contributed by atoms with van der Waals surface area (Å²) in [6.45, 7) is 0.0296. The number of fused-ring (bicyclic) bond motifs is 12. The van der Waals surface area contributed by atoms with Gasteiger partial charge in [-0.25, -0.2) is 0 Å². The van der Waals surface area contributed by atoms with Crippen molar-refractivity contribution in [2.24, 2.45) is 0 Å². The van der Waals surface area contributed by atoms with E-state index in [9.17, 15) is 0 Å². The van der Waals surface area contributed by atoms with Crippen molar-refractivity contribution in [3.63, 3.8) is 0 Å². The molecule has 0 N–H and O–H groups in total. The maximum Gasteiger partial charge on any atom is 0.333 e. The Morgan fingerprint density at radius 3 is 1.27 bits per heavy atom. The van der Waals surface area contributed by atoms with E-state index in [0.717, 1.165) is 17.1 Å². The maximum absolute atomic E-state index is 2.63. The van der Waals surface area contributed by atoms with Gasteiger partial charge in [0, 0.05) is 72.5 Å². The number of rotatable bonds is 3. The molecule has 0 bridgehead atoms. The van der Waals surface area contributed by atoms with Gasteiger partial charge in [0.05, 0.1) is 22.1 Å². The summed E-state index contributed by atoms with van der Waals surface area (Å²) in [6, 6.07) is 74.2. The van der Waals surface area contributed by atoms with Crippen LogP contribution in [0.15, 0.2) is 200 Å². The molecule has 11 aromatic rings. The summed E-state index contributed by atoms with van der Waals surface area (Å²) < 4.78 is 4.84. The number of nitrogens with zero attached hydrogens (tertiary/aromatic N) is 4. The van der Waals surface area contributed by atoms with Crippen molar-refractivity contribution >= 4 is 89.8 Å². The van der Waals surface area contributed by atoms with Gasteiger partial charge < -0.3 is 18.8 Å². The van der Waals surface area contributed by atoms with Crippen molar-refractivity contribution in [1.82, 2.24) is 9.13 Å². The lowest BCUT2D eigenvalue weighted by molar-refractivity contribution is 1.17. The minimum Gasteiger partial charge on any atom is -0.376 e. The third kappa shape index (κ3) is 4.04. The average Bonchev–Trinajstić information content (AvgIpc) is 3.82. The van der Waals surface area contributed by atoms with E-state index in [1.165, 1.54) is 99.5 Å². The second-order valence-corrected chi connectivity index (χ2v) is 16.1. The molecule has 3 aliphatic heterocycles. The monoisotopic (exact) mass is 748 g/mol. The maximum atomic E-state index is 2.63. The van der Waals surface area contributed by atoms with Gasteiger partial charge in [-0.15, -0.1) is 0 Å². The fraction of sp³-hybridized carbons (Fsp3) is 0. The van der Waals surface area contributed by atoms with Gasteiger partial charge >= 0.3 is 6.85 Å². The van der Waals surface area contributed by atoms with Crippen LogP contribution in [0.3, 0.4) is 0 Å². The van der Waals surface area contributed by atoms with Crippen LogP contribution in [-0.2, 0) is 0 Å². The summed E-state index contributed by atoms with van der Waals surface area (Å²) in [6.07, 6.45) is 0. The van der Waals surface area contributed by atoms with Gasteiger partial charge in [-0.05, 0) is 107 Å². The molecule has 0 radical (unpaired) electrons. The molecule has 0 fully saturated rings. The van der Waals surface area contributed by atoms with Gasteiger partial charge in [0.25, 0.3) is 0 Å². The molecule has 9 aromatic carbocycles. The number of anilines is 5. The highest BCUT2D eigenvalue weighted by Gasteiger charge is 2.48. The van der Waals surface area contributed by atoms with Crippen molar-refractivity contribution in [3.05, 3.63) is 200 Å². The molecule has 2 aromatic heterocycles. The summed E-state index contributed by atoms with van der Waals surface area (Å²) >= 11 is 0. The molecule has 5 heterocycles. The van der Waals surface area contributed by atoms with E-state index in [1.807, 2.05) is 0 Å². The Labute approximate surface area is 341 Å². The molecular formula is C54H33BN4. The van der Waals surface area contributed by atoms with Crippen molar-refractivity contribution in [2.45, 2.75) is 0 Å². The quantitative estimate of drug-likeness (QED) is 0.167. The molecule has 5 heteroatoms. The van der Waals surface area contributed by atoms with Crippen molar-refractivity contribution in [1.29, 1.82) is 0 Å². The van der Waals surface area contributed by atoms with Crippen LogP contribution >= 0.6 is 0 Å². The SMILES string of the molecule is c1ccc2c(c1)-c1cccc3c1B1c4c(cccc4N3c3ccc(-n4c5ccccc5c5ccccc54)cc3)-c3cc(-n4c5ccccc5c5ccccc54)ccc3N12. The molecule has 0 unspecified atom stereocenters. The van der Waals surface area contributed by atoms with Gasteiger partial charge in [0.15, 0.2) is 0 Å². The smallest absolute Gasteiger partial charge is 0.333 e. The van der Waals surface area contributed by atoms with E-state index in [-0.39, 0.29) is 6.85 Å². The highest BCUT2D eigenvalue weighted by Crippen LogP contribution is 2.52. The highest BCUT2D eigenvalue weighted by molar-refractivity contribution is 6.95. The van der Waals surface area contributed by atoms with Gasteiger partial charge in [-0.2, -0.15) is 0 Å². The predicted octanol–water partition coefficient (Wildman–Crippen LogP) is 12.6. The fourth-order valence-electron chi connectivity index (χ4n) is 10.9. The highest BCUT2D eigenvalue weighted by atomic mass is 15.2. The third-order valence-corrected chi connectivity index (χ3v) is 13.2. The Balaban J connectivity index is 1.01. The van der Waals surface area contributed by atoms with E-state index in [1.54, 1.807) is 0 Å². The first-order valence-corrected chi connectivity index (χ1v) is 20.5. The molecule has 59 heavy (non-hydrogen) atoms. The lowest BCUT2D eigenvalue weighted by atomic mass is 9.41. The first-order valence-electron chi connectivity index (χ1n) is 20.5. The number of benzene rings is 9. The molecule has 0 amide bonds. The summed E-state index contributed by atoms with van der Waals surface area (Å²) in [4.78, 5) is 5.14. The summed E-state index contributed by atoms with van der Waals surface area (Å²) in [5.74, 6) is 0. The molecule has 0 spiro atoms. The first kappa shape index (κ1) is 31.3. The summed E-state index contributed by atoms with van der Waals surface area (Å²) in [5, 5.41) is 5.08. The van der Waals surface area contributed by atoms with Crippen molar-refractivity contribution in [3.8, 4) is 33.6 Å². The molecule has 3 aliphatic rings. The van der Waals surface area contributed by atoms with E-state index in [0.29, 0.717) is 0 Å². The normalized spacial score (nSPS) is 13.3. The van der Waals surface area contributed by atoms with Crippen LogP contribution in [0, 0.1) is 0 Å². The van der Waals surface area contributed by atoms with Gasteiger partial charge in [0.2, 0.25) is 0 Å². The van der Waals surface area contributed by atoms with Gasteiger partial charge in [-0.1, -0.05) is 115 Å². The molecule has 272 valence electrons. The van der Waals surface area contributed by atoms with Gasteiger partial charge in [0.1, 0.15) is 0 Å². The Bertz CT molecular complexity index is 3490. The number of hydrogen-bond acceptors (Lipinski definition) is 2. The minimum absolute atomic E-state index is 0.0296. The summed E-state index contributed by atoms with van der Waals surface area (Å²) in [5.41, 5.74) is 21.1. The minimum atomic E-state index is 0.0296. The molecule has 0 saturated carbocycles. The Morgan fingerprint density at radius 1 is 0.288 bits per heavy atom. The molecule has 0 atom stereocenters. The second kappa shape index (κ2) is 11.4. The number of para-hydroxylation sites is 5. The van der Waals surface area contributed by atoms with E-state index < -0.39 is 0 Å². The predicted molar refractivity (Wildman–Crippen MR) is 248 cm³/mol. The van der Waals surface area contributed by atoms with Crippen LogP contribution in [-0.4, -0.2) is 16.0 Å². The largest absolute Gasteiger partial charge is 0.376 e. The summed E-state index contributed by atoms with van der Waals surface area (Å²) in [7, 11) is 0. The van der Waals surface area contributed by atoms with Gasteiger partial charge in [-0.3, -0.25) is 0 Å². The van der Waals surface area contributed by atoms with Crippen LogP contribution < -0.4 is 20.6 Å². The van der Waals surface area contributed by atoms with E-state index in [4.69, 9.17) is 0 Å². The van der Waals surface area contributed by atoms with Crippen molar-refractivity contribution < 1.29 is 0 Å². The van der Waals surface area contributed by atoms with Crippen LogP contribution in [0.4, 0.5) is 28.4 Å². The third-order valence-electron chi connectivity index (χ3n) is 13.2. The Kier molecular flexibility index (Phi) is 6.07. The number of aromatic nitrogens is 2. The Morgan fingerprint density at radius 2 is 0.695 bits per heavy atom. The topological polar surface area (TPSA) is 16.3 Å². The van der Waals surface area contributed by atoms with Crippen LogP contribution in [0.25, 0.3) is 77.2 Å². The molecule has 14 rings (SSSR count). The molecular weight excluding hydrogens is 715 g/mol. The lowest BCUT2D eigenvalue weighted by Crippen LogP contribution is -2.63.